The van der Waals surface area contributed by atoms with Crippen LogP contribution in [0.4, 0.5) is 0 Å². The molecular formula is C12H25NO2. The minimum atomic E-state index is -0.115. The fourth-order valence-electron chi connectivity index (χ4n) is 2.25. The Morgan fingerprint density at radius 3 is 2.80 bits per heavy atom. The third-order valence-electron chi connectivity index (χ3n) is 3.42. The van der Waals surface area contributed by atoms with Gasteiger partial charge in [-0.25, -0.2) is 0 Å². The van der Waals surface area contributed by atoms with Crippen LogP contribution in [0.3, 0.4) is 0 Å². The van der Waals surface area contributed by atoms with Crippen LogP contribution in [0.2, 0.25) is 0 Å². The predicted molar refractivity (Wildman–Crippen MR) is 62.0 cm³/mol. The molecule has 0 amide bonds. The van der Waals surface area contributed by atoms with Crippen LogP contribution in [-0.2, 0) is 4.74 Å². The maximum Gasteiger partial charge on any atom is 0.0702 e. The Hall–Kier alpha value is -0.120. The Morgan fingerprint density at radius 1 is 1.53 bits per heavy atom. The number of aliphatic hydroxyl groups is 1. The Kier molecular flexibility index (Phi) is 5.58. The van der Waals surface area contributed by atoms with E-state index < -0.39 is 0 Å². The van der Waals surface area contributed by atoms with Crippen LogP contribution in [0.5, 0.6) is 0 Å². The van der Waals surface area contributed by atoms with Gasteiger partial charge < -0.3 is 14.7 Å². The second kappa shape index (κ2) is 6.46. The Morgan fingerprint density at radius 2 is 2.27 bits per heavy atom. The van der Waals surface area contributed by atoms with Crippen molar-refractivity contribution in [3.63, 3.8) is 0 Å². The summed E-state index contributed by atoms with van der Waals surface area (Å²) >= 11 is 0. The zero-order valence-electron chi connectivity index (χ0n) is 10.3. The van der Waals surface area contributed by atoms with Crippen molar-refractivity contribution in [2.45, 2.75) is 57.8 Å². The summed E-state index contributed by atoms with van der Waals surface area (Å²) in [6.45, 7) is 6.14. The number of ether oxygens (including phenoxy) is 1. The van der Waals surface area contributed by atoms with Gasteiger partial charge in [0, 0.05) is 12.6 Å². The minimum absolute atomic E-state index is 0.115. The number of aliphatic hydroxyl groups excluding tert-OH is 1. The molecule has 0 aliphatic carbocycles. The van der Waals surface area contributed by atoms with Crippen molar-refractivity contribution in [2.24, 2.45) is 0 Å². The molecule has 0 aromatic heterocycles. The van der Waals surface area contributed by atoms with Crippen LogP contribution in [0.25, 0.3) is 0 Å². The van der Waals surface area contributed by atoms with E-state index in [4.69, 9.17) is 4.74 Å². The zero-order chi connectivity index (χ0) is 11.3. The van der Waals surface area contributed by atoms with E-state index in [1.54, 1.807) is 0 Å². The fraction of sp³-hybridized carbons (Fsp3) is 1.00. The van der Waals surface area contributed by atoms with Gasteiger partial charge in [0.05, 0.1) is 12.2 Å². The number of hydrogen-bond acceptors (Lipinski definition) is 3. The lowest BCUT2D eigenvalue weighted by molar-refractivity contribution is 0.0806. The molecule has 3 heteroatoms. The lowest BCUT2D eigenvalue weighted by Crippen LogP contribution is -2.37. The summed E-state index contributed by atoms with van der Waals surface area (Å²) in [4.78, 5) is 2.38. The smallest absolute Gasteiger partial charge is 0.0702 e. The molecule has 0 saturated carbocycles. The first-order valence-electron chi connectivity index (χ1n) is 6.15. The second-order valence-electron chi connectivity index (χ2n) is 4.62. The average molecular weight is 215 g/mol. The van der Waals surface area contributed by atoms with E-state index in [1.807, 2.05) is 6.92 Å². The fourth-order valence-corrected chi connectivity index (χ4v) is 2.25. The van der Waals surface area contributed by atoms with Gasteiger partial charge in [-0.1, -0.05) is 6.92 Å². The monoisotopic (exact) mass is 215 g/mol. The van der Waals surface area contributed by atoms with E-state index in [-0.39, 0.29) is 6.10 Å². The average Bonchev–Trinajstić information content (AvgIpc) is 2.64. The molecule has 0 aromatic rings. The maximum atomic E-state index is 9.44. The molecule has 3 nitrogen and oxygen atoms in total. The van der Waals surface area contributed by atoms with Crippen molar-refractivity contribution in [3.05, 3.63) is 0 Å². The van der Waals surface area contributed by atoms with Crippen molar-refractivity contribution in [2.75, 3.05) is 20.2 Å². The van der Waals surface area contributed by atoms with Gasteiger partial charge in [0.15, 0.2) is 0 Å². The summed E-state index contributed by atoms with van der Waals surface area (Å²) in [6, 6.07) is 0.573. The Labute approximate surface area is 93.4 Å². The summed E-state index contributed by atoms with van der Waals surface area (Å²) in [5, 5.41) is 9.44. The van der Waals surface area contributed by atoms with Gasteiger partial charge in [-0.2, -0.15) is 0 Å². The lowest BCUT2D eigenvalue weighted by Gasteiger charge is -2.26. The van der Waals surface area contributed by atoms with Crippen LogP contribution >= 0.6 is 0 Å². The highest BCUT2D eigenvalue weighted by Crippen LogP contribution is 2.18. The number of hydrogen-bond donors (Lipinski definition) is 1. The highest BCUT2D eigenvalue weighted by atomic mass is 16.5. The van der Waals surface area contributed by atoms with Gasteiger partial charge in [-0.3, -0.25) is 0 Å². The van der Waals surface area contributed by atoms with Gasteiger partial charge >= 0.3 is 0 Å². The van der Waals surface area contributed by atoms with E-state index in [0.29, 0.717) is 12.1 Å². The number of nitrogens with zero attached hydrogens (tertiary/aromatic N) is 1. The molecule has 1 fully saturated rings. The van der Waals surface area contributed by atoms with Crippen molar-refractivity contribution in [1.82, 2.24) is 4.90 Å². The van der Waals surface area contributed by atoms with Crippen LogP contribution in [0, 0.1) is 0 Å². The van der Waals surface area contributed by atoms with Gasteiger partial charge in [-0.15, -0.1) is 0 Å². The molecule has 0 bridgehead atoms. The van der Waals surface area contributed by atoms with Gasteiger partial charge in [0.25, 0.3) is 0 Å². The molecule has 0 radical (unpaired) electrons. The highest BCUT2D eigenvalue weighted by molar-refractivity contribution is 4.80. The van der Waals surface area contributed by atoms with E-state index in [2.05, 4.69) is 18.9 Å². The van der Waals surface area contributed by atoms with Crippen molar-refractivity contribution in [1.29, 1.82) is 0 Å². The summed E-state index contributed by atoms with van der Waals surface area (Å²) in [5.74, 6) is 0. The highest BCUT2D eigenvalue weighted by Gasteiger charge is 2.27. The molecule has 3 unspecified atom stereocenters. The quantitative estimate of drug-likeness (QED) is 0.731. The summed E-state index contributed by atoms with van der Waals surface area (Å²) in [7, 11) is 2.16. The summed E-state index contributed by atoms with van der Waals surface area (Å²) < 4.78 is 5.54. The maximum absolute atomic E-state index is 9.44. The first kappa shape index (κ1) is 12.9. The van der Waals surface area contributed by atoms with E-state index in [9.17, 15) is 5.11 Å². The Bertz CT molecular complexity index is 175. The molecule has 0 spiro atoms. The van der Waals surface area contributed by atoms with Crippen LogP contribution < -0.4 is 0 Å². The SMILES string of the molecule is CCC(O)CCCN(C)C1CCOC1C. The van der Waals surface area contributed by atoms with Gasteiger partial charge in [-0.05, 0) is 46.2 Å². The molecule has 1 N–H and O–H groups in total. The summed E-state index contributed by atoms with van der Waals surface area (Å²) in [5.41, 5.74) is 0. The van der Waals surface area contributed by atoms with Crippen LogP contribution in [-0.4, -0.2) is 48.5 Å². The number of rotatable bonds is 6. The molecule has 90 valence electrons. The van der Waals surface area contributed by atoms with E-state index in [1.165, 1.54) is 0 Å². The molecule has 3 atom stereocenters. The lowest BCUT2D eigenvalue weighted by atomic mass is 10.1. The van der Waals surface area contributed by atoms with Crippen molar-refractivity contribution in [3.8, 4) is 0 Å². The van der Waals surface area contributed by atoms with Crippen LogP contribution in [0.1, 0.15) is 39.5 Å². The molecule has 1 rings (SSSR count). The van der Waals surface area contributed by atoms with Crippen molar-refractivity contribution >= 4 is 0 Å². The standard InChI is InChI=1S/C12H25NO2/c1-4-11(14)6-5-8-13(3)12-7-9-15-10(12)2/h10-12,14H,4-9H2,1-3H3. The predicted octanol–water partition coefficient (Wildman–Crippen LogP) is 1.65. The zero-order valence-corrected chi connectivity index (χ0v) is 10.3. The molecule has 0 aromatic carbocycles. The minimum Gasteiger partial charge on any atom is -0.393 e. The number of likely N-dealkylation sites (N-methyl/N-ethyl adjacent to an activating group) is 1. The second-order valence-corrected chi connectivity index (χ2v) is 4.62. The summed E-state index contributed by atoms with van der Waals surface area (Å²) in [6.07, 6.45) is 4.26. The normalized spacial score (nSPS) is 28.6. The van der Waals surface area contributed by atoms with Crippen molar-refractivity contribution < 1.29 is 9.84 Å². The van der Waals surface area contributed by atoms with E-state index in [0.717, 1.165) is 38.8 Å². The third kappa shape index (κ3) is 4.09. The van der Waals surface area contributed by atoms with E-state index >= 15 is 0 Å². The van der Waals surface area contributed by atoms with Gasteiger partial charge in [0.1, 0.15) is 0 Å². The molecule has 1 aliphatic heterocycles. The van der Waals surface area contributed by atoms with Crippen LogP contribution in [0.15, 0.2) is 0 Å². The first-order chi connectivity index (χ1) is 7.15. The van der Waals surface area contributed by atoms with Gasteiger partial charge in [0.2, 0.25) is 0 Å². The molecule has 15 heavy (non-hydrogen) atoms. The third-order valence-corrected chi connectivity index (χ3v) is 3.42. The molecule has 1 aliphatic rings. The molecule has 1 saturated heterocycles. The Balaban J connectivity index is 2.15. The first-order valence-corrected chi connectivity index (χ1v) is 6.15. The molecule has 1 heterocycles. The molecular weight excluding hydrogens is 190 g/mol. The largest absolute Gasteiger partial charge is 0.393 e. The topological polar surface area (TPSA) is 32.7 Å².